The summed E-state index contributed by atoms with van der Waals surface area (Å²) >= 11 is 0. The highest BCUT2D eigenvalue weighted by Crippen LogP contribution is 2.40. The van der Waals surface area contributed by atoms with E-state index in [0.29, 0.717) is 49.7 Å². The number of morpholine rings is 1. The molecule has 3 aliphatic heterocycles. The topological polar surface area (TPSA) is 87.3 Å². The van der Waals surface area contributed by atoms with Crippen molar-refractivity contribution in [1.82, 2.24) is 10.2 Å². The average molecular weight is 495 g/mol. The fourth-order valence-electron chi connectivity index (χ4n) is 4.81. The number of rotatable bonds is 6. The van der Waals surface area contributed by atoms with Gasteiger partial charge in [0.05, 0.1) is 42.9 Å². The molecule has 2 aromatic carbocycles. The van der Waals surface area contributed by atoms with Crippen LogP contribution in [0.25, 0.3) is 11.1 Å². The van der Waals surface area contributed by atoms with Crippen molar-refractivity contribution in [1.29, 1.82) is 0 Å². The second-order valence-corrected chi connectivity index (χ2v) is 9.30. The van der Waals surface area contributed by atoms with Crippen LogP contribution in [0.3, 0.4) is 0 Å². The van der Waals surface area contributed by atoms with Crippen LogP contribution in [0.4, 0.5) is 20.2 Å². The zero-order valence-corrected chi connectivity index (χ0v) is 20.3. The molecule has 0 aliphatic carbocycles. The highest BCUT2D eigenvalue weighted by atomic mass is 19.1. The molecule has 0 saturated carbocycles. The summed E-state index contributed by atoms with van der Waals surface area (Å²) in [5, 5.41) is 6.70. The molecular formula is C27H32F2N6O. The number of fused-ring (bicyclic) bond motifs is 1. The second kappa shape index (κ2) is 11.3. The van der Waals surface area contributed by atoms with Gasteiger partial charge in [0.15, 0.2) is 0 Å². The maximum absolute atomic E-state index is 15.1. The van der Waals surface area contributed by atoms with Crippen molar-refractivity contribution < 1.29 is 13.5 Å². The lowest BCUT2D eigenvalue weighted by Gasteiger charge is -2.27. The van der Waals surface area contributed by atoms with Crippen LogP contribution in [0.2, 0.25) is 0 Å². The van der Waals surface area contributed by atoms with E-state index in [1.54, 1.807) is 6.21 Å². The number of aliphatic imine (C=N–C) groups is 2. The summed E-state index contributed by atoms with van der Waals surface area (Å²) in [7, 11) is 0. The number of hydrogen-bond donors (Lipinski definition) is 3. The number of benzene rings is 2. The molecule has 0 unspecified atom stereocenters. The summed E-state index contributed by atoms with van der Waals surface area (Å²) in [6.07, 6.45) is 5.29. The lowest BCUT2D eigenvalue weighted by atomic mass is 9.98. The van der Waals surface area contributed by atoms with Crippen molar-refractivity contribution >= 4 is 23.3 Å². The van der Waals surface area contributed by atoms with Gasteiger partial charge in [-0.1, -0.05) is 12.1 Å². The van der Waals surface area contributed by atoms with Gasteiger partial charge in [0.1, 0.15) is 11.6 Å². The van der Waals surface area contributed by atoms with Crippen LogP contribution in [0, 0.1) is 11.6 Å². The Morgan fingerprint density at radius 1 is 1.17 bits per heavy atom. The Bertz CT molecular complexity index is 1160. The highest BCUT2D eigenvalue weighted by Gasteiger charge is 2.21. The number of ether oxygens (including phenoxy) is 1. The van der Waals surface area contributed by atoms with E-state index in [4.69, 9.17) is 20.5 Å². The van der Waals surface area contributed by atoms with Gasteiger partial charge in [-0.25, -0.2) is 13.8 Å². The van der Waals surface area contributed by atoms with Crippen LogP contribution < -0.4 is 16.4 Å². The van der Waals surface area contributed by atoms with E-state index in [9.17, 15) is 0 Å². The molecule has 5 rings (SSSR count). The molecule has 0 aromatic heterocycles. The lowest BCUT2D eigenvalue weighted by molar-refractivity contribution is 0.0332. The molecule has 190 valence electrons. The van der Waals surface area contributed by atoms with E-state index < -0.39 is 11.6 Å². The van der Waals surface area contributed by atoms with Gasteiger partial charge >= 0.3 is 0 Å². The quantitative estimate of drug-likeness (QED) is 0.534. The van der Waals surface area contributed by atoms with Gasteiger partial charge in [-0.15, -0.1) is 0 Å². The van der Waals surface area contributed by atoms with Crippen LogP contribution in [-0.4, -0.2) is 68.8 Å². The molecule has 2 aromatic rings. The fourth-order valence-corrected chi connectivity index (χ4v) is 4.81. The summed E-state index contributed by atoms with van der Waals surface area (Å²) in [5.74, 6) is -1.11. The van der Waals surface area contributed by atoms with Gasteiger partial charge in [-0.05, 0) is 49.7 Å². The zero-order chi connectivity index (χ0) is 24.9. The summed E-state index contributed by atoms with van der Waals surface area (Å²) in [6, 6.07) is 8.67. The largest absolute Gasteiger partial charge is 0.404 e. The van der Waals surface area contributed by atoms with Crippen molar-refractivity contribution in [2.45, 2.75) is 25.4 Å². The number of para-hydroxylation sites is 1. The van der Waals surface area contributed by atoms with E-state index >= 15 is 8.78 Å². The maximum atomic E-state index is 15.1. The predicted octanol–water partition coefficient (Wildman–Crippen LogP) is 3.63. The summed E-state index contributed by atoms with van der Waals surface area (Å²) in [4.78, 5) is 11.6. The standard InChI is InChI=1S/C27H32F2N6O/c28-23-12-18(13-24(29)22(23)17-35-8-10-36-11-9-35)21-2-1-3-25-27(21)34-26(16-33-25)19(14-30)15-32-20-4-6-31-7-5-20/h1-3,12-15,20,31,33H,4-11,16-17,30H2. The fraction of sp³-hybridized carbons (Fsp3) is 0.407. The molecule has 0 bridgehead atoms. The highest BCUT2D eigenvalue weighted by molar-refractivity contribution is 6.20. The predicted molar refractivity (Wildman–Crippen MR) is 140 cm³/mol. The summed E-state index contributed by atoms with van der Waals surface area (Å²) in [6.45, 7) is 5.10. The van der Waals surface area contributed by atoms with E-state index in [1.165, 1.54) is 18.3 Å². The van der Waals surface area contributed by atoms with Crippen molar-refractivity contribution in [2.24, 2.45) is 15.7 Å². The molecule has 36 heavy (non-hydrogen) atoms. The van der Waals surface area contributed by atoms with Crippen LogP contribution in [0.15, 0.2) is 52.1 Å². The number of nitrogens with two attached hydrogens (primary N) is 1. The van der Waals surface area contributed by atoms with Gasteiger partial charge in [-0.2, -0.15) is 0 Å². The summed E-state index contributed by atoms with van der Waals surface area (Å²) < 4.78 is 35.6. The Morgan fingerprint density at radius 3 is 2.64 bits per heavy atom. The summed E-state index contributed by atoms with van der Waals surface area (Å²) in [5.41, 5.74) is 10.0. The van der Waals surface area contributed by atoms with Crippen LogP contribution in [0.5, 0.6) is 0 Å². The van der Waals surface area contributed by atoms with Gasteiger partial charge < -0.3 is 21.1 Å². The number of nitrogens with one attached hydrogen (secondary N) is 2. The molecule has 9 heteroatoms. The maximum Gasteiger partial charge on any atom is 0.131 e. The van der Waals surface area contributed by atoms with E-state index in [2.05, 4.69) is 10.6 Å². The number of hydrogen-bond acceptors (Lipinski definition) is 7. The lowest BCUT2D eigenvalue weighted by Crippen LogP contribution is -2.36. The molecule has 0 amide bonds. The third kappa shape index (κ3) is 5.48. The minimum Gasteiger partial charge on any atom is -0.404 e. The third-order valence-electron chi connectivity index (χ3n) is 6.91. The van der Waals surface area contributed by atoms with Crippen LogP contribution in [0.1, 0.15) is 18.4 Å². The van der Waals surface area contributed by atoms with Crippen LogP contribution in [-0.2, 0) is 11.3 Å². The Hall–Kier alpha value is -3.14. The minimum atomic E-state index is -0.557. The second-order valence-electron chi connectivity index (χ2n) is 9.30. The smallest absolute Gasteiger partial charge is 0.131 e. The van der Waals surface area contributed by atoms with Crippen molar-refractivity contribution in [3.63, 3.8) is 0 Å². The minimum absolute atomic E-state index is 0.0789. The zero-order valence-electron chi connectivity index (χ0n) is 20.3. The van der Waals surface area contributed by atoms with Gasteiger partial charge in [0, 0.05) is 48.7 Å². The molecule has 0 atom stereocenters. The Morgan fingerprint density at radius 2 is 1.92 bits per heavy atom. The first-order valence-electron chi connectivity index (χ1n) is 12.5. The number of nitrogens with zero attached hydrogens (tertiary/aromatic N) is 3. The molecule has 2 fully saturated rings. The first-order chi connectivity index (χ1) is 17.6. The van der Waals surface area contributed by atoms with Gasteiger partial charge in [0.25, 0.3) is 0 Å². The molecule has 7 nitrogen and oxygen atoms in total. The van der Waals surface area contributed by atoms with Crippen molar-refractivity contribution in [2.75, 3.05) is 51.3 Å². The average Bonchev–Trinajstić information content (AvgIpc) is 2.92. The molecule has 4 N–H and O–H groups in total. The third-order valence-corrected chi connectivity index (χ3v) is 6.91. The van der Waals surface area contributed by atoms with Crippen LogP contribution >= 0.6 is 0 Å². The number of anilines is 1. The molecule has 0 radical (unpaired) electrons. The van der Waals surface area contributed by atoms with Crippen molar-refractivity contribution in [3.8, 4) is 11.1 Å². The van der Waals surface area contributed by atoms with Crippen molar-refractivity contribution in [3.05, 3.63) is 59.3 Å². The molecular weight excluding hydrogens is 462 g/mol. The monoisotopic (exact) mass is 494 g/mol. The molecule has 3 heterocycles. The van der Waals surface area contributed by atoms with E-state index in [1.807, 2.05) is 23.1 Å². The Balaban J connectivity index is 1.43. The Labute approximate surface area is 210 Å². The molecule has 0 spiro atoms. The van der Waals surface area contributed by atoms with E-state index in [-0.39, 0.29) is 18.2 Å². The number of halogens is 2. The normalized spacial score (nSPS) is 19.7. The molecule has 3 aliphatic rings. The first-order valence-corrected chi connectivity index (χ1v) is 12.5. The van der Waals surface area contributed by atoms with E-state index in [0.717, 1.165) is 42.9 Å². The van der Waals surface area contributed by atoms with Gasteiger partial charge in [0.2, 0.25) is 0 Å². The Kier molecular flexibility index (Phi) is 7.69. The molecule has 2 saturated heterocycles. The van der Waals surface area contributed by atoms with Gasteiger partial charge in [-0.3, -0.25) is 9.89 Å². The first kappa shape index (κ1) is 24.5. The number of piperidine rings is 1. The SMILES string of the molecule is NC=C(C=NC1CCNCC1)C1=Nc2c(cccc2-c2cc(F)c(CN3CCOCC3)c(F)c2)NC1.